The van der Waals surface area contributed by atoms with Crippen molar-refractivity contribution < 1.29 is 4.79 Å². The van der Waals surface area contributed by atoms with E-state index in [1.54, 1.807) is 6.20 Å². The summed E-state index contributed by atoms with van der Waals surface area (Å²) in [4.78, 5) is 14.9. The number of fused-ring (bicyclic) bond motifs is 1. The van der Waals surface area contributed by atoms with E-state index in [-0.39, 0.29) is 5.91 Å². The van der Waals surface area contributed by atoms with E-state index in [0.29, 0.717) is 5.92 Å². The van der Waals surface area contributed by atoms with Gasteiger partial charge in [0, 0.05) is 18.5 Å². The largest absolute Gasteiger partial charge is 0.339 e. The monoisotopic (exact) mass is 333 g/mol. The van der Waals surface area contributed by atoms with Gasteiger partial charge in [-0.2, -0.15) is 5.10 Å². The second-order valence-corrected chi connectivity index (χ2v) is 6.90. The summed E-state index contributed by atoms with van der Waals surface area (Å²) < 4.78 is 0. The van der Waals surface area contributed by atoms with Crippen molar-refractivity contribution in [2.45, 2.75) is 25.7 Å². The van der Waals surface area contributed by atoms with Crippen molar-refractivity contribution in [2.75, 3.05) is 13.1 Å². The summed E-state index contributed by atoms with van der Waals surface area (Å²) in [6.07, 6.45) is 6.30. The highest BCUT2D eigenvalue weighted by Crippen LogP contribution is 2.25. The van der Waals surface area contributed by atoms with Crippen LogP contribution in [0.3, 0.4) is 0 Å². The number of nitrogens with one attached hydrogen (secondary N) is 1. The Balaban J connectivity index is 1.35. The van der Waals surface area contributed by atoms with Gasteiger partial charge in [0.05, 0.1) is 17.3 Å². The molecule has 1 N–H and O–H groups in total. The van der Waals surface area contributed by atoms with Crippen molar-refractivity contribution in [1.29, 1.82) is 0 Å². The van der Waals surface area contributed by atoms with Crippen molar-refractivity contribution in [3.63, 3.8) is 0 Å². The molecular weight excluding hydrogens is 310 g/mol. The van der Waals surface area contributed by atoms with Crippen LogP contribution in [0, 0.1) is 5.92 Å². The molecule has 0 atom stereocenters. The molecule has 4 rings (SSSR count). The van der Waals surface area contributed by atoms with Crippen LogP contribution in [0.5, 0.6) is 0 Å². The lowest BCUT2D eigenvalue weighted by atomic mass is 9.90. The Hall–Kier alpha value is -2.62. The van der Waals surface area contributed by atoms with Gasteiger partial charge >= 0.3 is 0 Å². The number of benzene rings is 2. The Bertz CT molecular complexity index is 848. The highest BCUT2D eigenvalue weighted by atomic mass is 16.2. The molecule has 3 aromatic rings. The first-order valence-electron chi connectivity index (χ1n) is 9.06. The maximum atomic E-state index is 12.9. The van der Waals surface area contributed by atoms with E-state index in [9.17, 15) is 4.79 Å². The lowest BCUT2D eigenvalue weighted by Gasteiger charge is -2.32. The summed E-state index contributed by atoms with van der Waals surface area (Å²) in [5.41, 5.74) is 2.99. The number of hydrogen-bond donors (Lipinski definition) is 1. The number of piperidine rings is 1. The smallest absolute Gasteiger partial charge is 0.256 e. The molecule has 1 fully saturated rings. The number of carbonyl (C=O) groups excluding carboxylic acids is 1. The molecule has 25 heavy (non-hydrogen) atoms. The maximum absolute atomic E-state index is 12.9. The van der Waals surface area contributed by atoms with Crippen molar-refractivity contribution in [3.8, 4) is 0 Å². The van der Waals surface area contributed by atoms with E-state index in [4.69, 9.17) is 0 Å². The predicted molar refractivity (Wildman–Crippen MR) is 99.5 cm³/mol. The number of nitrogens with zero attached hydrogens (tertiary/aromatic N) is 2. The third kappa shape index (κ3) is 3.43. The molecule has 2 aromatic carbocycles. The molecular formula is C21H23N3O. The standard InChI is InChI=1S/C21H23N3O/c25-21(19-8-4-7-18-15-22-23-20(18)19)24-13-11-17(12-14-24)10-9-16-5-2-1-3-6-16/h1-8,15,17H,9-14H2,(H,22,23). The van der Waals surface area contributed by atoms with Crippen LogP contribution in [0.2, 0.25) is 0 Å². The van der Waals surface area contributed by atoms with Crippen LogP contribution in [0.1, 0.15) is 35.2 Å². The zero-order valence-electron chi connectivity index (χ0n) is 14.3. The van der Waals surface area contributed by atoms with E-state index >= 15 is 0 Å². The van der Waals surface area contributed by atoms with E-state index < -0.39 is 0 Å². The number of rotatable bonds is 4. The normalized spacial score (nSPS) is 15.6. The first kappa shape index (κ1) is 15.9. The first-order chi connectivity index (χ1) is 12.3. The van der Waals surface area contributed by atoms with Gasteiger partial charge in [-0.1, -0.05) is 42.5 Å². The molecule has 1 aromatic heterocycles. The van der Waals surface area contributed by atoms with Crippen LogP contribution < -0.4 is 0 Å². The minimum Gasteiger partial charge on any atom is -0.339 e. The Labute approximate surface area is 147 Å². The van der Waals surface area contributed by atoms with E-state index in [0.717, 1.165) is 48.8 Å². The molecule has 128 valence electrons. The van der Waals surface area contributed by atoms with Gasteiger partial charge < -0.3 is 4.90 Å². The van der Waals surface area contributed by atoms with Crippen molar-refractivity contribution in [2.24, 2.45) is 5.92 Å². The third-order valence-corrected chi connectivity index (χ3v) is 5.29. The molecule has 0 saturated carbocycles. The Morgan fingerprint density at radius 1 is 1.08 bits per heavy atom. The summed E-state index contributed by atoms with van der Waals surface area (Å²) in [6, 6.07) is 16.5. The lowest BCUT2D eigenvalue weighted by Crippen LogP contribution is -2.38. The number of para-hydroxylation sites is 1. The minimum atomic E-state index is 0.122. The van der Waals surface area contributed by atoms with Crippen molar-refractivity contribution >= 4 is 16.8 Å². The van der Waals surface area contributed by atoms with Crippen LogP contribution in [0.25, 0.3) is 10.9 Å². The fourth-order valence-corrected chi connectivity index (χ4v) is 3.76. The average Bonchev–Trinajstić information content (AvgIpc) is 3.16. The summed E-state index contributed by atoms with van der Waals surface area (Å²) in [5.74, 6) is 0.837. The predicted octanol–water partition coefficient (Wildman–Crippen LogP) is 4.05. The van der Waals surface area contributed by atoms with Gasteiger partial charge in [-0.05, 0) is 43.2 Å². The van der Waals surface area contributed by atoms with Crippen LogP contribution >= 0.6 is 0 Å². The topological polar surface area (TPSA) is 49.0 Å². The molecule has 4 heteroatoms. The number of H-pyrrole nitrogens is 1. The molecule has 0 aliphatic carbocycles. The molecule has 0 spiro atoms. The van der Waals surface area contributed by atoms with Gasteiger partial charge in [-0.3, -0.25) is 9.89 Å². The van der Waals surface area contributed by atoms with E-state index in [1.807, 2.05) is 23.1 Å². The number of aromatic amines is 1. The highest BCUT2D eigenvalue weighted by Gasteiger charge is 2.24. The average molecular weight is 333 g/mol. The molecule has 1 aliphatic heterocycles. The van der Waals surface area contributed by atoms with Gasteiger partial charge in [0.15, 0.2) is 0 Å². The van der Waals surface area contributed by atoms with Crippen LogP contribution in [-0.4, -0.2) is 34.1 Å². The molecule has 1 saturated heterocycles. The summed E-state index contributed by atoms with van der Waals surface area (Å²) in [7, 11) is 0. The Morgan fingerprint density at radius 3 is 2.68 bits per heavy atom. The van der Waals surface area contributed by atoms with Crippen LogP contribution in [0.4, 0.5) is 0 Å². The van der Waals surface area contributed by atoms with Crippen molar-refractivity contribution in [1.82, 2.24) is 15.1 Å². The number of aromatic nitrogens is 2. The number of aryl methyl sites for hydroxylation is 1. The maximum Gasteiger partial charge on any atom is 0.256 e. The van der Waals surface area contributed by atoms with Crippen LogP contribution in [-0.2, 0) is 6.42 Å². The quantitative estimate of drug-likeness (QED) is 0.783. The second kappa shape index (κ2) is 7.09. The SMILES string of the molecule is O=C(c1cccc2cn[nH]c12)N1CCC(CCc2ccccc2)CC1. The fraction of sp³-hybridized carbons (Fsp3) is 0.333. The van der Waals surface area contributed by atoms with Crippen molar-refractivity contribution in [3.05, 3.63) is 65.9 Å². The summed E-state index contributed by atoms with van der Waals surface area (Å²) in [5, 5.41) is 8.01. The minimum absolute atomic E-state index is 0.122. The fourth-order valence-electron chi connectivity index (χ4n) is 3.76. The van der Waals surface area contributed by atoms with Gasteiger partial charge in [-0.25, -0.2) is 0 Å². The Morgan fingerprint density at radius 2 is 1.88 bits per heavy atom. The van der Waals surface area contributed by atoms with Gasteiger partial charge in [-0.15, -0.1) is 0 Å². The molecule has 0 radical (unpaired) electrons. The number of amides is 1. The van der Waals surface area contributed by atoms with Gasteiger partial charge in [0.2, 0.25) is 0 Å². The summed E-state index contributed by atoms with van der Waals surface area (Å²) in [6.45, 7) is 1.70. The Kier molecular flexibility index (Phi) is 4.51. The lowest BCUT2D eigenvalue weighted by molar-refractivity contribution is 0.0688. The first-order valence-corrected chi connectivity index (χ1v) is 9.06. The van der Waals surface area contributed by atoms with E-state index in [1.165, 1.54) is 12.0 Å². The van der Waals surface area contributed by atoms with E-state index in [2.05, 4.69) is 40.5 Å². The molecule has 0 bridgehead atoms. The molecule has 1 aliphatic rings. The van der Waals surface area contributed by atoms with Crippen LogP contribution in [0.15, 0.2) is 54.7 Å². The second-order valence-electron chi connectivity index (χ2n) is 6.90. The molecule has 4 nitrogen and oxygen atoms in total. The van der Waals surface area contributed by atoms with Gasteiger partial charge in [0.1, 0.15) is 0 Å². The molecule has 1 amide bonds. The highest BCUT2D eigenvalue weighted by molar-refractivity contribution is 6.05. The number of carbonyl (C=O) groups is 1. The van der Waals surface area contributed by atoms with Gasteiger partial charge in [0.25, 0.3) is 5.91 Å². The third-order valence-electron chi connectivity index (χ3n) is 5.29. The molecule has 2 heterocycles. The zero-order valence-corrected chi connectivity index (χ0v) is 14.3. The summed E-state index contributed by atoms with van der Waals surface area (Å²) >= 11 is 0. The zero-order chi connectivity index (χ0) is 17.1. The number of hydrogen-bond acceptors (Lipinski definition) is 2. The number of likely N-dealkylation sites (tertiary alicyclic amines) is 1. The molecule has 0 unspecified atom stereocenters.